The van der Waals surface area contributed by atoms with Crippen molar-refractivity contribution >= 4 is 37.5 Å². The van der Waals surface area contributed by atoms with Crippen molar-refractivity contribution in [2.45, 2.75) is 50.3 Å². The van der Waals surface area contributed by atoms with Crippen molar-refractivity contribution in [3.63, 3.8) is 0 Å². The van der Waals surface area contributed by atoms with Gasteiger partial charge in [-0.05, 0) is 54.9 Å². The molecule has 0 fully saturated rings. The van der Waals surface area contributed by atoms with E-state index in [9.17, 15) is 18.0 Å². The standard InChI is InChI=1S/C22H26N4O4S2/c1-13-2-7-16-17(12-13)31-22-20(16)21(28)25-18(26-22)8-9-19(27)24-11-10-14-3-5-15(6-4-14)32(23,29)30/h3-6,13H,2,7-12H2,1H3,(H,24,27)(H2,23,29,30)(H,25,26,28). The molecule has 1 aromatic carbocycles. The van der Waals surface area contributed by atoms with E-state index in [4.69, 9.17) is 5.14 Å². The number of carbonyl (C=O) groups excluding carboxylic acids is 1. The lowest BCUT2D eigenvalue weighted by Crippen LogP contribution is -2.26. The number of nitrogens with zero attached hydrogens (tertiary/aromatic N) is 1. The van der Waals surface area contributed by atoms with Gasteiger partial charge in [0, 0.05) is 24.3 Å². The van der Waals surface area contributed by atoms with Crippen LogP contribution in [0.15, 0.2) is 34.0 Å². The molecule has 1 atom stereocenters. The van der Waals surface area contributed by atoms with Gasteiger partial charge >= 0.3 is 0 Å². The summed E-state index contributed by atoms with van der Waals surface area (Å²) < 4.78 is 22.6. The van der Waals surface area contributed by atoms with Crippen LogP contribution >= 0.6 is 11.3 Å². The van der Waals surface area contributed by atoms with Crippen LogP contribution in [-0.4, -0.2) is 30.8 Å². The first kappa shape index (κ1) is 22.6. The van der Waals surface area contributed by atoms with Crippen molar-refractivity contribution in [2.75, 3.05) is 6.54 Å². The number of rotatable bonds is 7. The van der Waals surface area contributed by atoms with Gasteiger partial charge in [0.2, 0.25) is 15.9 Å². The van der Waals surface area contributed by atoms with Crippen LogP contribution in [0.5, 0.6) is 0 Å². The van der Waals surface area contributed by atoms with Gasteiger partial charge < -0.3 is 10.3 Å². The molecular weight excluding hydrogens is 448 g/mol. The lowest BCUT2D eigenvalue weighted by molar-refractivity contribution is -0.121. The number of sulfonamides is 1. The zero-order valence-electron chi connectivity index (χ0n) is 17.8. The van der Waals surface area contributed by atoms with Gasteiger partial charge in [0.25, 0.3) is 5.56 Å². The summed E-state index contributed by atoms with van der Waals surface area (Å²) in [6.45, 7) is 2.65. The Balaban J connectivity index is 1.31. The summed E-state index contributed by atoms with van der Waals surface area (Å²) >= 11 is 1.60. The van der Waals surface area contributed by atoms with Gasteiger partial charge in [-0.1, -0.05) is 19.1 Å². The maximum Gasteiger partial charge on any atom is 0.259 e. The SMILES string of the molecule is CC1CCc2c(sc3nc(CCC(=O)NCCc4ccc(S(N)(=O)=O)cc4)[nH]c(=O)c23)C1. The second-order valence-electron chi connectivity index (χ2n) is 8.33. The molecule has 8 nitrogen and oxygen atoms in total. The summed E-state index contributed by atoms with van der Waals surface area (Å²) in [5.41, 5.74) is 1.93. The zero-order valence-corrected chi connectivity index (χ0v) is 19.4. The molecule has 1 aliphatic rings. The highest BCUT2D eigenvalue weighted by Gasteiger charge is 2.23. The summed E-state index contributed by atoms with van der Waals surface area (Å²) in [6.07, 6.45) is 4.17. The second kappa shape index (κ2) is 9.13. The molecule has 2 heterocycles. The van der Waals surface area contributed by atoms with Gasteiger partial charge in [-0.2, -0.15) is 0 Å². The Bertz CT molecular complexity index is 1310. The molecule has 170 valence electrons. The fourth-order valence-electron chi connectivity index (χ4n) is 4.02. The van der Waals surface area contributed by atoms with E-state index in [1.165, 1.54) is 17.0 Å². The molecule has 1 unspecified atom stereocenters. The van der Waals surface area contributed by atoms with E-state index in [1.54, 1.807) is 23.5 Å². The molecule has 4 rings (SSSR count). The first-order valence-corrected chi connectivity index (χ1v) is 13.0. The molecule has 0 aliphatic heterocycles. The van der Waals surface area contributed by atoms with Crippen LogP contribution in [0.2, 0.25) is 0 Å². The minimum atomic E-state index is -3.71. The van der Waals surface area contributed by atoms with Crippen LogP contribution in [0, 0.1) is 5.92 Å². The number of benzene rings is 1. The predicted octanol–water partition coefficient (Wildman–Crippen LogP) is 2.05. The van der Waals surface area contributed by atoms with Crippen LogP contribution in [-0.2, 0) is 40.5 Å². The Labute approximate surface area is 190 Å². The first-order chi connectivity index (χ1) is 15.2. The van der Waals surface area contributed by atoms with E-state index >= 15 is 0 Å². The minimum Gasteiger partial charge on any atom is -0.356 e. The third kappa shape index (κ3) is 5.08. The molecule has 2 aromatic heterocycles. The van der Waals surface area contributed by atoms with Crippen molar-refractivity contribution < 1.29 is 13.2 Å². The Morgan fingerprint density at radius 3 is 2.75 bits per heavy atom. The Hall–Kier alpha value is -2.56. The van der Waals surface area contributed by atoms with Crippen molar-refractivity contribution in [3.8, 4) is 0 Å². The number of thiophene rings is 1. The van der Waals surface area contributed by atoms with Crippen molar-refractivity contribution in [1.29, 1.82) is 0 Å². The topological polar surface area (TPSA) is 135 Å². The lowest BCUT2D eigenvalue weighted by Gasteiger charge is -2.17. The van der Waals surface area contributed by atoms with E-state index in [0.29, 0.717) is 31.1 Å². The lowest BCUT2D eigenvalue weighted by atomic mass is 9.89. The highest BCUT2D eigenvalue weighted by Crippen LogP contribution is 2.35. The average Bonchev–Trinajstić information content (AvgIpc) is 3.09. The van der Waals surface area contributed by atoms with Crippen molar-refractivity contribution in [1.82, 2.24) is 15.3 Å². The first-order valence-electron chi connectivity index (χ1n) is 10.6. The highest BCUT2D eigenvalue weighted by molar-refractivity contribution is 7.89. The molecule has 0 bridgehead atoms. The molecule has 0 saturated carbocycles. The third-order valence-corrected chi connectivity index (χ3v) is 7.87. The zero-order chi connectivity index (χ0) is 22.9. The second-order valence-corrected chi connectivity index (χ2v) is 11.0. The summed E-state index contributed by atoms with van der Waals surface area (Å²) in [6, 6.07) is 6.26. The Kier molecular flexibility index (Phi) is 6.45. The number of aromatic nitrogens is 2. The number of nitrogens with one attached hydrogen (secondary N) is 2. The third-order valence-electron chi connectivity index (χ3n) is 5.79. The van der Waals surface area contributed by atoms with Gasteiger partial charge in [-0.3, -0.25) is 9.59 Å². The number of aryl methyl sites for hydroxylation is 2. The smallest absolute Gasteiger partial charge is 0.259 e. The van der Waals surface area contributed by atoms with E-state index in [2.05, 4.69) is 22.2 Å². The molecule has 3 aromatic rings. The summed E-state index contributed by atoms with van der Waals surface area (Å²) in [7, 11) is -3.71. The maximum atomic E-state index is 12.6. The minimum absolute atomic E-state index is 0.0600. The fraction of sp³-hybridized carbons (Fsp3) is 0.409. The summed E-state index contributed by atoms with van der Waals surface area (Å²) in [4.78, 5) is 34.4. The number of nitrogens with two attached hydrogens (primary N) is 1. The predicted molar refractivity (Wildman–Crippen MR) is 124 cm³/mol. The molecule has 0 spiro atoms. The van der Waals surface area contributed by atoms with E-state index < -0.39 is 10.0 Å². The maximum absolute atomic E-state index is 12.6. The molecular formula is C22H26N4O4S2. The molecule has 1 aliphatic carbocycles. The number of H-pyrrole nitrogens is 1. The molecule has 10 heteroatoms. The van der Waals surface area contributed by atoms with Crippen molar-refractivity contribution in [3.05, 3.63) is 56.4 Å². The van der Waals surface area contributed by atoms with Gasteiger partial charge in [-0.15, -0.1) is 11.3 Å². The number of fused-ring (bicyclic) bond motifs is 3. The van der Waals surface area contributed by atoms with Crippen LogP contribution in [0.1, 0.15) is 41.6 Å². The summed E-state index contributed by atoms with van der Waals surface area (Å²) in [5.74, 6) is 1.03. The van der Waals surface area contributed by atoms with Crippen LogP contribution in [0.4, 0.5) is 0 Å². The van der Waals surface area contributed by atoms with Crippen LogP contribution in [0.3, 0.4) is 0 Å². The van der Waals surface area contributed by atoms with E-state index in [-0.39, 0.29) is 22.8 Å². The average molecular weight is 475 g/mol. The number of carbonyl (C=O) groups is 1. The van der Waals surface area contributed by atoms with Gasteiger partial charge in [0.05, 0.1) is 10.3 Å². The quantitative estimate of drug-likeness (QED) is 0.482. The van der Waals surface area contributed by atoms with E-state index in [1.807, 2.05) is 0 Å². The van der Waals surface area contributed by atoms with Gasteiger partial charge in [0.1, 0.15) is 10.7 Å². The molecule has 0 saturated heterocycles. The molecule has 1 amide bonds. The number of primary sulfonamides is 1. The summed E-state index contributed by atoms with van der Waals surface area (Å²) in [5, 5.41) is 8.65. The fourth-order valence-corrected chi connectivity index (χ4v) is 5.94. The molecule has 32 heavy (non-hydrogen) atoms. The largest absolute Gasteiger partial charge is 0.356 e. The molecule has 0 radical (unpaired) electrons. The number of hydrogen-bond donors (Lipinski definition) is 3. The van der Waals surface area contributed by atoms with Gasteiger partial charge in [-0.25, -0.2) is 18.5 Å². The molecule has 4 N–H and O–H groups in total. The van der Waals surface area contributed by atoms with E-state index in [0.717, 1.165) is 40.6 Å². The number of hydrogen-bond acceptors (Lipinski definition) is 6. The van der Waals surface area contributed by atoms with Crippen LogP contribution in [0.25, 0.3) is 10.2 Å². The normalized spacial score (nSPS) is 16.1. The number of aromatic amines is 1. The Morgan fingerprint density at radius 2 is 2.03 bits per heavy atom. The van der Waals surface area contributed by atoms with Crippen molar-refractivity contribution in [2.24, 2.45) is 11.1 Å². The monoisotopic (exact) mass is 474 g/mol. The van der Waals surface area contributed by atoms with Gasteiger partial charge in [0.15, 0.2) is 0 Å². The number of amides is 1. The Morgan fingerprint density at radius 1 is 1.28 bits per heavy atom. The van der Waals surface area contributed by atoms with Crippen LogP contribution < -0.4 is 16.0 Å². The highest BCUT2D eigenvalue weighted by atomic mass is 32.2.